The smallest absolute Gasteiger partial charge is 0.244 e. The van der Waals surface area contributed by atoms with Crippen LogP contribution in [0.5, 0.6) is 5.75 Å². The molecular weight excluding hydrogens is 330 g/mol. The first kappa shape index (κ1) is 20.0. The molecule has 0 saturated carbocycles. The van der Waals surface area contributed by atoms with E-state index in [1.807, 2.05) is 36.1 Å². The summed E-state index contributed by atoms with van der Waals surface area (Å²) in [5.41, 5.74) is 1.83. The lowest BCUT2D eigenvalue weighted by Crippen LogP contribution is -2.49. The molecule has 0 aliphatic carbocycles. The van der Waals surface area contributed by atoms with Crippen molar-refractivity contribution in [2.24, 2.45) is 0 Å². The molecule has 1 N–H and O–H groups in total. The molecule has 1 fully saturated rings. The number of methoxy groups -OCH3 is 1. The van der Waals surface area contributed by atoms with Gasteiger partial charge in [-0.2, -0.15) is 0 Å². The third-order valence-corrected chi connectivity index (χ3v) is 4.70. The Bertz CT molecular complexity index is 632. The molecule has 2 rings (SSSR count). The summed E-state index contributed by atoms with van der Waals surface area (Å²) in [6.07, 6.45) is 1.90. The van der Waals surface area contributed by atoms with Crippen molar-refractivity contribution in [2.75, 3.05) is 46.4 Å². The number of carbonyl (C=O) groups is 2. The predicted molar refractivity (Wildman–Crippen MR) is 103 cm³/mol. The second-order valence-corrected chi connectivity index (χ2v) is 6.41. The first-order chi connectivity index (χ1) is 12.5. The average Bonchev–Trinajstić information content (AvgIpc) is 2.68. The number of benzene rings is 1. The molecule has 1 heterocycles. The first-order valence-corrected chi connectivity index (χ1v) is 9.14. The minimum absolute atomic E-state index is 0.108. The zero-order valence-electron chi connectivity index (χ0n) is 16.0. The van der Waals surface area contributed by atoms with Crippen LogP contribution in [0.1, 0.15) is 25.8 Å². The molecule has 1 aromatic rings. The van der Waals surface area contributed by atoms with E-state index in [-0.39, 0.29) is 11.8 Å². The van der Waals surface area contributed by atoms with Gasteiger partial charge in [-0.1, -0.05) is 19.1 Å². The highest BCUT2D eigenvalue weighted by atomic mass is 16.5. The molecular formula is C20H29N3O3. The van der Waals surface area contributed by atoms with Crippen molar-refractivity contribution in [2.45, 2.75) is 20.3 Å². The van der Waals surface area contributed by atoms with Gasteiger partial charge in [-0.25, -0.2) is 0 Å². The summed E-state index contributed by atoms with van der Waals surface area (Å²) >= 11 is 0. The first-order valence-electron chi connectivity index (χ1n) is 9.14. The van der Waals surface area contributed by atoms with Crippen molar-refractivity contribution in [1.29, 1.82) is 0 Å². The monoisotopic (exact) mass is 359 g/mol. The summed E-state index contributed by atoms with van der Waals surface area (Å²) in [5.74, 6) is 0.711. The number of hydrogen-bond acceptors (Lipinski definition) is 4. The second-order valence-electron chi connectivity index (χ2n) is 6.41. The van der Waals surface area contributed by atoms with Gasteiger partial charge in [-0.05, 0) is 36.7 Å². The summed E-state index contributed by atoms with van der Waals surface area (Å²) in [5, 5.41) is 2.80. The summed E-state index contributed by atoms with van der Waals surface area (Å²) in [4.78, 5) is 28.5. The number of nitrogens with zero attached hydrogens (tertiary/aromatic N) is 2. The Hall–Kier alpha value is -2.34. The Morgan fingerprint density at radius 3 is 2.38 bits per heavy atom. The van der Waals surface area contributed by atoms with E-state index in [4.69, 9.17) is 4.74 Å². The number of ether oxygens (including phenoxy) is 1. The number of nitrogens with one attached hydrogen (secondary N) is 1. The van der Waals surface area contributed by atoms with Crippen molar-refractivity contribution in [1.82, 2.24) is 15.1 Å². The third kappa shape index (κ3) is 5.88. The van der Waals surface area contributed by atoms with E-state index in [1.165, 1.54) is 0 Å². The van der Waals surface area contributed by atoms with Gasteiger partial charge in [0.15, 0.2) is 0 Å². The highest BCUT2D eigenvalue weighted by Gasteiger charge is 2.19. The van der Waals surface area contributed by atoms with Gasteiger partial charge >= 0.3 is 0 Å². The Kier molecular flexibility index (Phi) is 7.66. The maximum absolute atomic E-state index is 12.2. The van der Waals surface area contributed by atoms with Crippen LogP contribution in [0.15, 0.2) is 30.3 Å². The topological polar surface area (TPSA) is 61.9 Å². The van der Waals surface area contributed by atoms with Gasteiger partial charge in [0.2, 0.25) is 11.8 Å². The van der Waals surface area contributed by atoms with E-state index in [0.717, 1.165) is 49.6 Å². The maximum atomic E-state index is 12.2. The lowest BCUT2D eigenvalue weighted by Gasteiger charge is -2.34. The van der Waals surface area contributed by atoms with Crippen LogP contribution in [0.25, 0.3) is 5.57 Å². The fourth-order valence-corrected chi connectivity index (χ4v) is 2.95. The van der Waals surface area contributed by atoms with Gasteiger partial charge < -0.3 is 19.9 Å². The van der Waals surface area contributed by atoms with Crippen molar-refractivity contribution in [3.05, 3.63) is 35.9 Å². The van der Waals surface area contributed by atoms with E-state index in [0.29, 0.717) is 13.0 Å². The van der Waals surface area contributed by atoms with E-state index in [1.54, 1.807) is 13.2 Å². The Morgan fingerprint density at radius 1 is 1.15 bits per heavy atom. The van der Waals surface area contributed by atoms with Crippen LogP contribution in [0.4, 0.5) is 0 Å². The van der Waals surface area contributed by atoms with Crippen LogP contribution in [0, 0.1) is 0 Å². The molecule has 1 saturated heterocycles. The standard InChI is InChI=1S/C20H29N3O3/c1-4-22-11-13-23(14-12-22)20(25)9-10-21-19(24)15-16(2)17-5-7-18(26-3)8-6-17/h5-8,15H,4,9-14H2,1-3H3,(H,21,24)/b16-15+. The molecule has 0 bridgehead atoms. The molecule has 0 spiro atoms. The number of amides is 2. The summed E-state index contributed by atoms with van der Waals surface area (Å²) in [6.45, 7) is 8.81. The Morgan fingerprint density at radius 2 is 1.81 bits per heavy atom. The van der Waals surface area contributed by atoms with Crippen LogP contribution < -0.4 is 10.1 Å². The molecule has 0 atom stereocenters. The van der Waals surface area contributed by atoms with E-state index >= 15 is 0 Å². The summed E-state index contributed by atoms with van der Waals surface area (Å²) < 4.78 is 5.13. The zero-order valence-corrected chi connectivity index (χ0v) is 16.0. The highest BCUT2D eigenvalue weighted by molar-refractivity contribution is 5.95. The normalized spacial score (nSPS) is 15.7. The molecule has 1 aliphatic heterocycles. The zero-order chi connectivity index (χ0) is 18.9. The van der Waals surface area contributed by atoms with Gasteiger partial charge in [-0.15, -0.1) is 0 Å². The quantitative estimate of drug-likeness (QED) is 0.754. The second kappa shape index (κ2) is 9.97. The van der Waals surface area contributed by atoms with Crippen LogP contribution in [0.3, 0.4) is 0 Å². The molecule has 2 amide bonds. The number of likely N-dealkylation sites (N-methyl/N-ethyl adjacent to an activating group) is 1. The predicted octanol–water partition coefficient (Wildman–Crippen LogP) is 1.77. The number of piperazine rings is 1. The van der Waals surface area contributed by atoms with Gasteiger partial charge in [0.05, 0.1) is 7.11 Å². The molecule has 0 unspecified atom stereocenters. The van der Waals surface area contributed by atoms with E-state index < -0.39 is 0 Å². The largest absolute Gasteiger partial charge is 0.497 e. The number of hydrogen-bond donors (Lipinski definition) is 1. The Labute approximate surface area is 155 Å². The van der Waals surface area contributed by atoms with Crippen LogP contribution in [-0.2, 0) is 9.59 Å². The van der Waals surface area contributed by atoms with E-state index in [9.17, 15) is 9.59 Å². The highest BCUT2D eigenvalue weighted by Crippen LogP contribution is 2.17. The molecule has 1 aromatic carbocycles. The van der Waals surface area contributed by atoms with Crippen LogP contribution in [0.2, 0.25) is 0 Å². The van der Waals surface area contributed by atoms with Crippen molar-refractivity contribution in [3.8, 4) is 5.75 Å². The lowest BCUT2D eigenvalue weighted by molar-refractivity contribution is -0.132. The van der Waals surface area contributed by atoms with Crippen molar-refractivity contribution in [3.63, 3.8) is 0 Å². The minimum Gasteiger partial charge on any atom is -0.497 e. The molecule has 0 aromatic heterocycles. The number of carbonyl (C=O) groups excluding carboxylic acids is 2. The molecule has 6 nitrogen and oxygen atoms in total. The number of allylic oxidation sites excluding steroid dienone is 1. The van der Waals surface area contributed by atoms with Gasteiger partial charge in [0.1, 0.15) is 5.75 Å². The summed E-state index contributed by atoms with van der Waals surface area (Å²) in [6, 6.07) is 7.55. The van der Waals surface area contributed by atoms with Crippen molar-refractivity contribution < 1.29 is 14.3 Å². The molecule has 26 heavy (non-hydrogen) atoms. The fraction of sp³-hybridized carbons (Fsp3) is 0.500. The molecule has 6 heteroatoms. The molecule has 142 valence electrons. The van der Waals surface area contributed by atoms with Crippen molar-refractivity contribution >= 4 is 17.4 Å². The van der Waals surface area contributed by atoms with Gasteiger partial charge in [0, 0.05) is 45.2 Å². The average molecular weight is 359 g/mol. The van der Waals surface area contributed by atoms with Gasteiger partial charge in [-0.3, -0.25) is 9.59 Å². The number of rotatable bonds is 7. The molecule has 0 radical (unpaired) electrons. The Balaban J connectivity index is 1.74. The van der Waals surface area contributed by atoms with E-state index in [2.05, 4.69) is 17.1 Å². The fourth-order valence-electron chi connectivity index (χ4n) is 2.95. The maximum Gasteiger partial charge on any atom is 0.244 e. The third-order valence-electron chi connectivity index (χ3n) is 4.70. The summed E-state index contributed by atoms with van der Waals surface area (Å²) in [7, 11) is 1.62. The lowest BCUT2D eigenvalue weighted by atomic mass is 10.1. The van der Waals surface area contributed by atoms with Crippen LogP contribution in [-0.4, -0.2) is 68.0 Å². The SMILES string of the molecule is CCN1CCN(C(=O)CCNC(=O)/C=C(\C)c2ccc(OC)cc2)CC1. The minimum atomic E-state index is -0.179. The van der Waals surface area contributed by atoms with Crippen LogP contribution >= 0.6 is 0 Å². The molecule has 1 aliphatic rings. The van der Waals surface area contributed by atoms with Gasteiger partial charge in [0.25, 0.3) is 0 Å².